The van der Waals surface area contributed by atoms with Gasteiger partial charge in [-0.3, -0.25) is 9.59 Å². The van der Waals surface area contributed by atoms with Gasteiger partial charge in [-0.25, -0.2) is 0 Å². The molecule has 0 amide bonds. The summed E-state index contributed by atoms with van der Waals surface area (Å²) in [5.41, 5.74) is 1.75. The highest BCUT2D eigenvalue weighted by Gasteiger charge is 2.60. The van der Waals surface area contributed by atoms with Crippen LogP contribution in [0.1, 0.15) is 118 Å². The van der Waals surface area contributed by atoms with Gasteiger partial charge in [-0.15, -0.1) is 0 Å². The standard InChI is InChI=1S/C29H46O3/c1-5-6-7-8-9-10-11-21-12-13-24-27-25(15-17-28(21,24)3)29(4)16-14-23(32-20(2)30)18-22(29)19-26(27)31/h19,21,23-25,27H,5-18H2,1-4H3/t21-,23?,24?,25?,27?,28+,29-/m0/s1. The van der Waals surface area contributed by atoms with Gasteiger partial charge in [0.25, 0.3) is 0 Å². The van der Waals surface area contributed by atoms with E-state index in [0.29, 0.717) is 23.0 Å². The Bertz CT molecular complexity index is 739. The summed E-state index contributed by atoms with van der Waals surface area (Å²) in [6.07, 6.45) is 19.4. The molecule has 0 bridgehead atoms. The number of rotatable bonds is 8. The van der Waals surface area contributed by atoms with Crippen molar-refractivity contribution >= 4 is 11.8 Å². The van der Waals surface area contributed by atoms with Gasteiger partial charge in [-0.2, -0.15) is 0 Å². The lowest BCUT2D eigenvalue weighted by Crippen LogP contribution is -2.53. The fraction of sp³-hybridized carbons (Fsp3) is 0.862. The van der Waals surface area contributed by atoms with Crippen LogP contribution >= 0.6 is 0 Å². The lowest BCUT2D eigenvalue weighted by molar-refractivity contribution is -0.149. The van der Waals surface area contributed by atoms with E-state index in [1.54, 1.807) is 0 Å². The van der Waals surface area contributed by atoms with Crippen LogP contribution in [-0.2, 0) is 14.3 Å². The Balaban J connectivity index is 1.44. The van der Waals surface area contributed by atoms with Gasteiger partial charge in [0.1, 0.15) is 6.10 Å². The van der Waals surface area contributed by atoms with Gasteiger partial charge in [-0.1, -0.05) is 64.9 Å². The summed E-state index contributed by atoms with van der Waals surface area (Å²) in [5.74, 6) is 2.28. The van der Waals surface area contributed by atoms with Crippen molar-refractivity contribution in [3.05, 3.63) is 11.6 Å². The lowest BCUT2D eigenvalue weighted by Gasteiger charge is -2.57. The number of unbranched alkanes of at least 4 members (excludes halogenated alkanes) is 5. The summed E-state index contributed by atoms with van der Waals surface area (Å²) in [5, 5.41) is 0. The molecule has 4 aliphatic carbocycles. The first-order valence-electron chi connectivity index (χ1n) is 13.7. The van der Waals surface area contributed by atoms with Crippen LogP contribution in [0.25, 0.3) is 0 Å². The highest BCUT2D eigenvalue weighted by molar-refractivity contribution is 5.94. The molecule has 0 aliphatic heterocycles. The quantitative estimate of drug-likeness (QED) is 0.290. The zero-order valence-electron chi connectivity index (χ0n) is 21.1. The maximum Gasteiger partial charge on any atom is 0.302 e. The van der Waals surface area contributed by atoms with Crippen LogP contribution in [0, 0.1) is 34.5 Å². The molecule has 0 aromatic carbocycles. The van der Waals surface area contributed by atoms with Gasteiger partial charge in [0.2, 0.25) is 0 Å². The van der Waals surface area contributed by atoms with Gasteiger partial charge in [0, 0.05) is 19.3 Å². The minimum atomic E-state index is -0.199. The molecule has 3 heteroatoms. The van der Waals surface area contributed by atoms with Crippen LogP contribution in [0.2, 0.25) is 0 Å². The molecular formula is C29H46O3. The van der Waals surface area contributed by atoms with Crippen molar-refractivity contribution in [2.24, 2.45) is 34.5 Å². The first kappa shape index (κ1) is 24.0. The zero-order valence-corrected chi connectivity index (χ0v) is 21.1. The number of esters is 1. The normalized spacial score (nSPS) is 40.8. The molecule has 3 fully saturated rings. The maximum absolute atomic E-state index is 13.5. The Hall–Kier alpha value is -1.12. The van der Waals surface area contributed by atoms with Crippen molar-refractivity contribution in [3.8, 4) is 0 Å². The third kappa shape index (κ3) is 4.34. The van der Waals surface area contributed by atoms with Gasteiger partial charge in [0.15, 0.2) is 5.78 Å². The molecule has 4 rings (SSSR count). The van der Waals surface area contributed by atoms with Crippen molar-refractivity contribution < 1.29 is 14.3 Å². The molecule has 0 spiro atoms. The van der Waals surface area contributed by atoms with E-state index in [0.717, 1.165) is 25.2 Å². The molecule has 0 aromatic heterocycles. The number of ketones is 1. The number of ether oxygens (including phenoxy) is 1. The van der Waals surface area contributed by atoms with Gasteiger partial charge < -0.3 is 4.74 Å². The van der Waals surface area contributed by atoms with Gasteiger partial charge >= 0.3 is 5.97 Å². The van der Waals surface area contributed by atoms with E-state index in [2.05, 4.69) is 20.8 Å². The molecule has 7 atom stereocenters. The number of hydrogen-bond donors (Lipinski definition) is 0. The monoisotopic (exact) mass is 442 g/mol. The number of allylic oxidation sites excluding steroid dienone is 1. The fourth-order valence-corrected chi connectivity index (χ4v) is 8.46. The molecule has 4 aliphatic rings. The van der Waals surface area contributed by atoms with E-state index in [1.165, 1.54) is 83.1 Å². The van der Waals surface area contributed by atoms with Crippen molar-refractivity contribution in [1.82, 2.24) is 0 Å². The van der Waals surface area contributed by atoms with Crippen LogP contribution < -0.4 is 0 Å². The van der Waals surface area contributed by atoms with Gasteiger partial charge in [0.05, 0.1) is 0 Å². The average Bonchev–Trinajstić information content (AvgIpc) is 3.07. The summed E-state index contributed by atoms with van der Waals surface area (Å²) in [6.45, 7) is 8.73. The molecule has 3 saturated carbocycles. The maximum atomic E-state index is 13.5. The molecule has 0 heterocycles. The van der Waals surface area contributed by atoms with E-state index in [1.807, 2.05) is 6.08 Å². The molecule has 4 unspecified atom stereocenters. The van der Waals surface area contributed by atoms with Gasteiger partial charge in [-0.05, 0) is 79.6 Å². The fourth-order valence-electron chi connectivity index (χ4n) is 8.46. The second kappa shape index (κ2) is 9.63. The summed E-state index contributed by atoms with van der Waals surface area (Å²) in [7, 11) is 0. The minimum Gasteiger partial charge on any atom is -0.462 e. The van der Waals surface area contributed by atoms with E-state index in [9.17, 15) is 9.59 Å². The Kier molecular flexibility index (Phi) is 7.23. The first-order valence-corrected chi connectivity index (χ1v) is 13.7. The van der Waals surface area contributed by atoms with Crippen molar-refractivity contribution in [3.63, 3.8) is 0 Å². The van der Waals surface area contributed by atoms with Crippen LogP contribution in [0.5, 0.6) is 0 Å². The SMILES string of the molecule is CCCCCCCC[C@H]1CCC2C3C(=O)C=C4CC(OC(C)=O)CC[C@]4(C)C3CC[C@@]21C. The Morgan fingerprint density at radius 2 is 1.75 bits per heavy atom. The summed E-state index contributed by atoms with van der Waals surface area (Å²) >= 11 is 0. The Labute approximate surface area is 196 Å². The number of fused-ring (bicyclic) bond motifs is 5. The Morgan fingerprint density at radius 3 is 2.50 bits per heavy atom. The van der Waals surface area contributed by atoms with E-state index in [4.69, 9.17) is 4.74 Å². The highest BCUT2D eigenvalue weighted by atomic mass is 16.5. The number of carbonyl (C=O) groups excluding carboxylic acids is 2. The zero-order chi connectivity index (χ0) is 22.9. The molecule has 0 saturated heterocycles. The van der Waals surface area contributed by atoms with Crippen LogP contribution in [-0.4, -0.2) is 17.9 Å². The largest absolute Gasteiger partial charge is 0.462 e. The molecule has 0 aromatic rings. The number of hydrogen-bond acceptors (Lipinski definition) is 3. The Morgan fingerprint density at radius 1 is 1.00 bits per heavy atom. The minimum absolute atomic E-state index is 0.0433. The summed E-state index contributed by atoms with van der Waals surface area (Å²) in [4.78, 5) is 25.0. The number of carbonyl (C=O) groups is 2. The lowest BCUT2D eigenvalue weighted by atomic mass is 9.47. The average molecular weight is 443 g/mol. The smallest absolute Gasteiger partial charge is 0.302 e. The van der Waals surface area contributed by atoms with E-state index >= 15 is 0 Å². The topological polar surface area (TPSA) is 43.4 Å². The molecule has 3 nitrogen and oxygen atoms in total. The second-order valence-corrected chi connectivity index (χ2v) is 12.1. The first-order chi connectivity index (χ1) is 15.3. The third-order valence-corrected chi connectivity index (χ3v) is 10.3. The molecule has 0 N–H and O–H groups in total. The van der Waals surface area contributed by atoms with Crippen molar-refractivity contribution in [2.45, 2.75) is 124 Å². The van der Waals surface area contributed by atoms with Crippen molar-refractivity contribution in [1.29, 1.82) is 0 Å². The van der Waals surface area contributed by atoms with Crippen molar-refractivity contribution in [2.75, 3.05) is 0 Å². The van der Waals surface area contributed by atoms with Crippen LogP contribution in [0.3, 0.4) is 0 Å². The summed E-state index contributed by atoms with van der Waals surface area (Å²) < 4.78 is 5.53. The summed E-state index contributed by atoms with van der Waals surface area (Å²) in [6, 6.07) is 0. The molecule has 32 heavy (non-hydrogen) atoms. The van der Waals surface area contributed by atoms with Crippen LogP contribution in [0.15, 0.2) is 11.6 Å². The predicted octanol–water partition coefficient (Wildman–Crippen LogP) is 7.43. The molecular weight excluding hydrogens is 396 g/mol. The van der Waals surface area contributed by atoms with E-state index in [-0.39, 0.29) is 23.4 Å². The van der Waals surface area contributed by atoms with Crippen LogP contribution in [0.4, 0.5) is 0 Å². The predicted molar refractivity (Wildman–Crippen MR) is 129 cm³/mol. The highest BCUT2D eigenvalue weighted by Crippen LogP contribution is 2.66. The molecule has 180 valence electrons. The third-order valence-electron chi connectivity index (χ3n) is 10.3. The second-order valence-electron chi connectivity index (χ2n) is 12.1. The van der Waals surface area contributed by atoms with E-state index < -0.39 is 0 Å². The molecule has 0 radical (unpaired) electrons.